The second kappa shape index (κ2) is 4.96. The Hall–Kier alpha value is -1.97. The summed E-state index contributed by atoms with van der Waals surface area (Å²) in [6.07, 6.45) is 1.13. The Balaban J connectivity index is 1.88. The molecule has 1 aliphatic rings. The van der Waals surface area contributed by atoms with E-state index in [9.17, 15) is 4.39 Å². The van der Waals surface area contributed by atoms with Crippen LogP contribution in [-0.2, 0) is 6.67 Å². The van der Waals surface area contributed by atoms with Crippen molar-refractivity contribution in [3.63, 3.8) is 0 Å². The first-order valence-corrected chi connectivity index (χ1v) is 6.52. The van der Waals surface area contributed by atoms with Crippen LogP contribution in [0, 0.1) is 5.92 Å². The van der Waals surface area contributed by atoms with Crippen LogP contribution in [-0.4, -0.2) is 9.97 Å². The Kier molecular flexibility index (Phi) is 3.15. The van der Waals surface area contributed by atoms with Crippen LogP contribution in [0.2, 0.25) is 0 Å². The fraction of sp³-hybridized carbons (Fsp3) is 0.333. The molecule has 2 unspecified atom stereocenters. The monoisotopic (exact) mass is 257 g/mol. The number of nitrogens with zero attached hydrogens (tertiary/aromatic N) is 2. The average molecular weight is 257 g/mol. The van der Waals surface area contributed by atoms with Crippen LogP contribution in [0.4, 0.5) is 16.0 Å². The van der Waals surface area contributed by atoms with Gasteiger partial charge in [0, 0.05) is 17.3 Å². The number of benzene rings is 1. The molecule has 2 aromatic rings. The van der Waals surface area contributed by atoms with Gasteiger partial charge in [-0.25, -0.2) is 14.4 Å². The molecule has 1 aromatic heterocycles. The van der Waals surface area contributed by atoms with Crippen LogP contribution in [0.1, 0.15) is 30.7 Å². The third-order valence-corrected chi connectivity index (χ3v) is 3.46. The molecule has 1 N–H and O–H groups in total. The molecule has 2 atom stereocenters. The minimum atomic E-state index is -0.555. The minimum Gasteiger partial charge on any atom is -0.324 e. The van der Waals surface area contributed by atoms with Gasteiger partial charge in [-0.1, -0.05) is 25.1 Å². The van der Waals surface area contributed by atoms with Gasteiger partial charge < -0.3 is 5.32 Å². The molecule has 3 rings (SSSR count). The number of rotatable bonds is 4. The molecule has 0 radical (unpaired) electrons. The summed E-state index contributed by atoms with van der Waals surface area (Å²) >= 11 is 0. The van der Waals surface area contributed by atoms with Crippen molar-refractivity contribution in [1.82, 2.24) is 9.97 Å². The largest absolute Gasteiger partial charge is 0.324 e. The standard InChI is InChI=1S/C15H16FN3/c1-10-7-13(10)14-8-12(9-16)18-15(19-14)17-11-5-3-2-4-6-11/h2-6,8,10,13H,7,9H2,1H3,(H,17,18,19). The van der Waals surface area contributed by atoms with Crippen LogP contribution >= 0.6 is 0 Å². The molecule has 98 valence electrons. The molecule has 3 nitrogen and oxygen atoms in total. The summed E-state index contributed by atoms with van der Waals surface area (Å²) in [6, 6.07) is 11.5. The quantitative estimate of drug-likeness (QED) is 0.905. The third kappa shape index (κ3) is 2.72. The molecule has 0 saturated heterocycles. The van der Waals surface area contributed by atoms with Gasteiger partial charge in [-0.2, -0.15) is 0 Å². The van der Waals surface area contributed by atoms with Crippen molar-refractivity contribution in [2.75, 3.05) is 5.32 Å². The van der Waals surface area contributed by atoms with E-state index in [1.807, 2.05) is 30.3 Å². The second-order valence-corrected chi connectivity index (χ2v) is 5.05. The van der Waals surface area contributed by atoms with Crippen molar-refractivity contribution in [2.24, 2.45) is 5.92 Å². The zero-order valence-corrected chi connectivity index (χ0v) is 10.8. The van der Waals surface area contributed by atoms with Crippen LogP contribution in [0.25, 0.3) is 0 Å². The van der Waals surface area contributed by atoms with E-state index in [1.165, 1.54) is 0 Å². The van der Waals surface area contributed by atoms with Crippen molar-refractivity contribution in [1.29, 1.82) is 0 Å². The Labute approximate surface area is 111 Å². The lowest BCUT2D eigenvalue weighted by atomic mass is 10.2. The van der Waals surface area contributed by atoms with Gasteiger partial charge in [-0.3, -0.25) is 0 Å². The lowest BCUT2D eigenvalue weighted by Crippen LogP contribution is -2.02. The Bertz CT molecular complexity index is 571. The van der Waals surface area contributed by atoms with E-state index in [2.05, 4.69) is 22.2 Å². The summed E-state index contributed by atoms with van der Waals surface area (Å²) in [7, 11) is 0. The zero-order chi connectivity index (χ0) is 13.2. The zero-order valence-electron chi connectivity index (χ0n) is 10.8. The highest BCUT2D eigenvalue weighted by Crippen LogP contribution is 2.46. The summed E-state index contributed by atoms with van der Waals surface area (Å²) in [5.74, 6) is 1.59. The SMILES string of the molecule is CC1CC1c1cc(CF)nc(Nc2ccccc2)n1. The van der Waals surface area contributed by atoms with Gasteiger partial charge in [0.05, 0.1) is 5.69 Å². The predicted molar refractivity (Wildman–Crippen MR) is 73.1 cm³/mol. The number of para-hydroxylation sites is 1. The van der Waals surface area contributed by atoms with Crippen LogP contribution < -0.4 is 5.32 Å². The van der Waals surface area contributed by atoms with Crippen molar-refractivity contribution in [2.45, 2.75) is 25.9 Å². The molecule has 0 amide bonds. The number of aromatic nitrogens is 2. The van der Waals surface area contributed by atoms with Crippen molar-refractivity contribution < 1.29 is 4.39 Å². The van der Waals surface area contributed by atoms with Gasteiger partial charge in [-0.05, 0) is 30.5 Å². The van der Waals surface area contributed by atoms with Crippen LogP contribution in [0.15, 0.2) is 36.4 Å². The maximum atomic E-state index is 12.9. The smallest absolute Gasteiger partial charge is 0.227 e. The molecule has 1 fully saturated rings. The first-order chi connectivity index (χ1) is 9.26. The van der Waals surface area contributed by atoms with E-state index >= 15 is 0 Å². The van der Waals surface area contributed by atoms with Gasteiger partial charge >= 0.3 is 0 Å². The van der Waals surface area contributed by atoms with Gasteiger partial charge in [0.15, 0.2) is 0 Å². The molecule has 19 heavy (non-hydrogen) atoms. The normalized spacial score (nSPS) is 21.2. The third-order valence-electron chi connectivity index (χ3n) is 3.46. The second-order valence-electron chi connectivity index (χ2n) is 5.05. The highest BCUT2D eigenvalue weighted by molar-refractivity contribution is 5.53. The fourth-order valence-corrected chi connectivity index (χ4v) is 2.22. The number of hydrogen-bond donors (Lipinski definition) is 1. The highest BCUT2D eigenvalue weighted by atomic mass is 19.1. The van der Waals surface area contributed by atoms with E-state index in [4.69, 9.17) is 0 Å². The molecule has 1 saturated carbocycles. The van der Waals surface area contributed by atoms with E-state index in [-0.39, 0.29) is 0 Å². The first kappa shape index (κ1) is 12.1. The van der Waals surface area contributed by atoms with Crippen molar-refractivity contribution >= 4 is 11.6 Å². The number of hydrogen-bond acceptors (Lipinski definition) is 3. The summed E-state index contributed by atoms with van der Waals surface area (Å²) < 4.78 is 12.9. The van der Waals surface area contributed by atoms with Crippen molar-refractivity contribution in [3.8, 4) is 0 Å². The molecular weight excluding hydrogens is 241 g/mol. The van der Waals surface area contributed by atoms with Gasteiger partial charge in [0.25, 0.3) is 0 Å². The average Bonchev–Trinajstić information content (AvgIpc) is 3.17. The fourth-order valence-electron chi connectivity index (χ4n) is 2.22. The van der Waals surface area contributed by atoms with Crippen molar-refractivity contribution in [3.05, 3.63) is 47.8 Å². The summed E-state index contributed by atoms with van der Waals surface area (Å²) in [6.45, 7) is 1.63. The lowest BCUT2D eigenvalue weighted by Gasteiger charge is -2.08. The lowest BCUT2D eigenvalue weighted by molar-refractivity contribution is 0.475. The number of halogens is 1. The Morgan fingerprint density at radius 1 is 1.26 bits per heavy atom. The first-order valence-electron chi connectivity index (χ1n) is 6.52. The highest BCUT2D eigenvalue weighted by Gasteiger charge is 2.35. The molecule has 1 aromatic carbocycles. The minimum absolute atomic E-state index is 0.447. The van der Waals surface area contributed by atoms with Crippen LogP contribution in [0.3, 0.4) is 0 Å². The maximum absolute atomic E-state index is 12.9. The van der Waals surface area contributed by atoms with E-state index in [0.717, 1.165) is 17.8 Å². The Morgan fingerprint density at radius 2 is 2.00 bits per heavy atom. The summed E-state index contributed by atoms with van der Waals surface area (Å²) in [5.41, 5.74) is 2.31. The molecule has 0 spiro atoms. The number of anilines is 2. The molecular formula is C15H16FN3. The molecule has 1 aliphatic carbocycles. The summed E-state index contributed by atoms with van der Waals surface area (Å²) in [5, 5.41) is 3.13. The summed E-state index contributed by atoms with van der Waals surface area (Å²) in [4.78, 5) is 8.69. The maximum Gasteiger partial charge on any atom is 0.227 e. The molecule has 0 aliphatic heterocycles. The predicted octanol–water partition coefficient (Wildman–Crippen LogP) is 3.81. The molecule has 4 heteroatoms. The van der Waals surface area contributed by atoms with E-state index in [0.29, 0.717) is 23.5 Å². The molecule has 1 heterocycles. The van der Waals surface area contributed by atoms with Gasteiger partial charge in [-0.15, -0.1) is 0 Å². The number of nitrogens with one attached hydrogen (secondary N) is 1. The van der Waals surface area contributed by atoms with E-state index in [1.54, 1.807) is 6.07 Å². The molecule has 0 bridgehead atoms. The van der Waals surface area contributed by atoms with Crippen LogP contribution in [0.5, 0.6) is 0 Å². The van der Waals surface area contributed by atoms with Gasteiger partial charge in [0.2, 0.25) is 5.95 Å². The Morgan fingerprint density at radius 3 is 2.63 bits per heavy atom. The van der Waals surface area contributed by atoms with E-state index < -0.39 is 6.67 Å². The number of alkyl halides is 1. The van der Waals surface area contributed by atoms with Gasteiger partial charge in [0.1, 0.15) is 6.67 Å². The topological polar surface area (TPSA) is 37.8 Å².